The highest BCUT2D eigenvalue weighted by atomic mass is 19.1. The highest BCUT2D eigenvalue weighted by Gasteiger charge is 2.49. The number of amides is 1. The van der Waals surface area contributed by atoms with Crippen molar-refractivity contribution >= 4 is 17.3 Å². The number of carbonyl (C=O) groups is 1. The lowest BCUT2D eigenvalue weighted by atomic mass is 9.61. The van der Waals surface area contributed by atoms with Gasteiger partial charge in [-0.15, -0.1) is 5.10 Å². The number of nitriles is 1. The average molecular weight is 574 g/mol. The van der Waals surface area contributed by atoms with Crippen molar-refractivity contribution in [3.05, 3.63) is 48.4 Å². The first-order valence-electron chi connectivity index (χ1n) is 13.9. The predicted octanol–water partition coefficient (Wildman–Crippen LogP) is 4.16. The average Bonchev–Trinajstić information content (AvgIpc) is 3.60. The molecule has 13 heteroatoms. The van der Waals surface area contributed by atoms with Crippen LogP contribution in [0.15, 0.2) is 42.9 Å². The summed E-state index contributed by atoms with van der Waals surface area (Å²) in [4.78, 5) is 16.1. The Labute approximate surface area is 241 Å². The fourth-order valence-electron chi connectivity index (χ4n) is 6.13. The van der Waals surface area contributed by atoms with Gasteiger partial charge in [0.15, 0.2) is 0 Å². The van der Waals surface area contributed by atoms with E-state index in [-0.39, 0.29) is 17.6 Å². The summed E-state index contributed by atoms with van der Waals surface area (Å²) in [6, 6.07) is 9.58. The lowest BCUT2D eigenvalue weighted by molar-refractivity contribution is -0.0120. The standard InChI is InChI=1S/C29H32FN9O3/c1-27(2,42)25(30)17-38-16-23(36-37-38)20-15-32-22(24-4-3-19-11-18(13-31)14-33-39(19)24)12-21(20)34-28-5-8-29(9-6-28,10-7-28)35-26(40)41/h3-4,11-12,14-16,25,35,42H,5-10,17H2,1-2H3,(H,32,34)(H,40,41)/t25-,28?,29?/m1/s1. The number of nitrogens with one attached hydrogen (secondary N) is 2. The first-order chi connectivity index (χ1) is 20.0. The molecule has 0 unspecified atom stereocenters. The van der Waals surface area contributed by atoms with E-state index in [1.165, 1.54) is 24.7 Å². The van der Waals surface area contributed by atoms with Crippen molar-refractivity contribution in [2.24, 2.45) is 0 Å². The van der Waals surface area contributed by atoms with E-state index in [9.17, 15) is 24.7 Å². The molecule has 4 heterocycles. The van der Waals surface area contributed by atoms with E-state index >= 15 is 0 Å². The normalized spacial score (nSPS) is 22.5. The molecule has 0 aliphatic heterocycles. The number of aliphatic hydroxyl groups is 1. The van der Waals surface area contributed by atoms with E-state index in [0.717, 1.165) is 55.4 Å². The van der Waals surface area contributed by atoms with Gasteiger partial charge >= 0.3 is 6.09 Å². The van der Waals surface area contributed by atoms with Crippen LogP contribution < -0.4 is 10.6 Å². The van der Waals surface area contributed by atoms with Crippen LogP contribution in [-0.2, 0) is 6.54 Å². The van der Waals surface area contributed by atoms with Crippen LogP contribution in [0.2, 0.25) is 0 Å². The molecule has 42 heavy (non-hydrogen) atoms. The highest BCUT2D eigenvalue weighted by Crippen LogP contribution is 2.49. The van der Waals surface area contributed by atoms with Gasteiger partial charge in [0.05, 0.1) is 47.0 Å². The molecule has 3 aliphatic carbocycles. The number of alkyl halides is 1. The Bertz CT molecular complexity index is 1680. The molecule has 3 fully saturated rings. The molecule has 4 aromatic rings. The summed E-state index contributed by atoms with van der Waals surface area (Å²) in [6.07, 6.45) is 6.90. The Morgan fingerprint density at radius 1 is 1.14 bits per heavy atom. The van der Waals surface area contributed by atoms with Crippen molar-refractivity contribution < 1.29 is 19.4 Å². The third-order valence-electron chi connectivity index (χ3n) is 8.74. The molecule has 0 radical (unpaired) electrons. The predicted molar refractivity (Wildman–Crippen MR) is 151 cm³/mol. The monoisotopic (exact) mass is 573 g/mol. The van der Waals surface area contributed by atoms with Gasteiger partial charge in [-0.25, -0.2) is 18.4 Å². The zero-order chi connectivity index (χ0) is 29.7. The SMILES string of the molecule is CC(C)(O)[C@H](F)Cn1cc(-c2cnc(-c3ccc4cc(C#N)cnn34)cc2NC23CCC(NC(=O)O)(CC2)CC3)nn1. The van der Waals surface area contributed by atoms with E-state index in [2.05, 4.69) is 32.1 Å². The fraction of sp³-hybridized carbons (Fsp3) is 0.448. The van der Waals surface area contributed by atoms with Crippen LogP contribution in [0.25, 0.3) is 28.2 Å². The lowest BCUT2D eigenvalue weighted by Gasteiger charge is -2.54. The molecule has 1 atom stereocenters. The third-order valence-corrected chi connectivity index (χ3v) is 8.74. The Morgan fingerprint density at radius 3 is 2.52 bits per heavy atom. The van der Waals surface area contributed by atoms with Crippen molar-refractivity contribution in [2.45, 2.75) is 81.8 Å². The smallest absolute Gasteiger partial charge is 0.405 e. The lowest BCUT2D eigenvalue weighted by Crippen LogP contribution is -2.60. The van der Waals surface area contributed by atoms with Gasteiger partial charge in [0.25, 0.3) is 0 Å². The molecule has 1 amide bonds. The molecule has 3 aliphatic rings. The second-order valence-corrected chi connectivity index (χ2v) is 12.1. The summed E-state index contributed by atoms with van der Waals surface area (Å²) in [5.74, 6) is 0. The summed E-state index contributed by atoms with van der Waals surface area (Å²) in [7, 11) is 0. The summed E-state index contributed by atoms with van der Waals surface area (Å²) in [5, 5.41) is 48.0. The van der Waals surface area contributed by atoms with E-state index in [1.807, 2.05) is 18.2 Å². The van der Waals surface area contributed by atoms with Crippen molar-refractivity contribution in [3.63, 3.8) is 0 Å². The topological polar surface area (TPSA) is 166 Å². The van der Waals surface area contributed by atoms with Crippen molar-refractivity contribution in [1.82, 2.24) is 34.9 Å². The van der Waals surface area contributed by atoms with Crippen molar-refractivity contribution in [1.29, 1.82) is 5.26 Å². The van der Waals surface area contributed by atoms with Crippen LogP contribution in [0.1, 0.15) is 57.9 Å². The number of halogens is 1. The van der Waals surface area contributed by atoms with Gasteiger partial charge in [0.1, 0.15) is 17.9 Å². The Morgan fingerprint density at radius 2 is 1.86 bits per heavy atom. The minimum absolute atomic E-state index is 0.153. The largest absolute Gasteiger partial charge is 0.465 e. The minimum Gasteiger partial charge on any atom is -0.465 e. The summed E-state index contributed by atoms with van der Waals surface area (Å²) >= 11 is 0. The summed E-state index contributed by atoms with van der Waals surface area (Å²) in [6.45, 7) is 2.67. The van der Waals surface area contributed by atoms with Crippen molar-refractivity contribution in [3.8, 4) is 28.7 Å². The number of carboxylic acid groups (broad SMARTS) is 1. The number of nitrogens with zero attached hydrogens (tertiary/aromatic N) is 7. The van der Waals surface area contributed by atoms with E-state index < -0.39 is 17.9 Å². The molecule has 7 rings (SSSR count). The summed E-state index contributed by atoms with van der Waals surface area (Å²) < 4.78 is 17.7. The van der Waals surface area contributed by atoms with Crippen LogP contribution >= 0.6 is 0 Å². The zero-order valence-corrected chi connectivity index (χ0v) is 23.4. The first kappa shape index (κ1) is 27.6. The number of rotatable bonds is 8. The Balaban J connectivity index is 1.36. The Hall–Kier alpha value is -4.57. The maximum Gasteiger partial charge on any atom is 0.405 e. The quantitative estimate of drug-likeness (QED) is 0.242. The molecule has 218 valence electrons. The molecule has 0 saturated heterocycles. The first-order valence-corrected chi connectivity index (χ1v) is 13.9. The molecule has 3 saturated carbocycles. The van der Waals surface area contributed by atoms with Gasteiger partial charge in [-0.3, -0.25) is 4.98 Å². The molecular formula is C29H32FN9O3. The molecule has 4 N–H and O–H groups in total. The van der Waals surface area contributed by atoms with Gasteiger partial charge in [0, 0.05) is 28.5 Å². The number of aromatic nitrogens is 6. The van der Waals surface area contributed by atoms with Crippen LogP contribution in [0.5, 0.6) is 0 Å². The van der Waals surface area contributed by atoms with Gasteiger partial charge < -0.3 is 20.8 Å². The van der Waals surface area contributed by atoms with Gasteiger partial charge in [-0.1, -0.05) is 5.21 Å². The van der Waals surface area contributed by atoms with Crippen LogP contribution in [-0.4, -0.2) is 68.7 Å². The van der Waals surface area contributed by atoms with Gasteiger partial charge in [-0.05, 0) is 76.6 Å². The van der Waals surface area contributed by atoms with Gasteiger partial charge in [-0.2, -0.15) is 10.4 Å². The number of pyridine rings is 1. The molecular weight excluding hydrogens is 541 g/mol. The van der Waals surface area contributed by atoms with Gasteiger partial charge in [0.2, 0.25) is 0 Å². The van der Waals surface area contributed by atoms with Crippen molar-refractivity contribution in [2.75, 3.05) is 5.32 Å². The second-order valence-electron chi connectivity index (χ2n) is 12.1. The van der Waals surface area contributed by atoms with E-state index in [1.54, 1.807) is 23.0 Å². The minimum atomic E-state index is -1.54. The van der Waals surface area contributed by atoms with E-state index in [0.29, 0.717) is 22.5 Å². The van der Waals surface area contributed by atoms with Crippen LogP contribution in [0, 0.1) is 11.3 Å². The Kier molecular flexibility index (Phi) is 6.61. The summed E-state index contributed by atoms with van der Waals surface area (Å²) in [5.41, 5.74) is 2.44. The number of fused-ring (bicyclic) bond motifs is 4. The van der Waals surface area contributed by atoms with E-state index in [4.69, 9.17) is 4.98 Å². The third kappa shape index (κ3) is 5.14. The number of hydrogen-bond donors (Lipinski definition) is 4. The molecule has 0 aromatic carbocycles. The number of hydrogen-bond acceptors (Lipinski definition) is 8. The fourth-order valence-corrected chi connectivity index (χ4v) is 6.13. The molecule has 12 nitrogen and oxygen atoms in total. The highest BCUT2D eigenvalue weighted by molar-refractivity contribution is 5.79. The van der Waals surface area contributed by atoms with Crippen LogP contribution in [0.4, 0.5) is 14.9 Å². The number of anilines is 1. The molecule has 4 aromatic heterocycles. The molecule has 0 spiro atoms. The zero-order valence-electron chi connectivity index (χ0n) is 23.4. The molecule has 2 bridgehead atoms. The second kappa shape index (κ2) is 10.1. The van der Waals surface area contributed by atoms with Crippen LogP contribution in [0.3, 0.4) is 0 Å². The maximum atomic E-state index is 14.6. The maximum absolute atomic E-state index is 14.6.